The summed E-state index contributed by atoms with van der Waals surface area (Å²) in [6.07, 6.45) is 2.09. The van der Waals surface area contributed by atoms with Crippen LogP contribution in [0.1, 0.15) is 37.4 Å². The van der Waals surface area contributed by atoms with Crippen molar-refractivity contribution in [3.63, 3.8) is 0 Å². The van der Waals surface area contributed by atoms with Crippen LogP contribution in [0.4, 0.5) is 0 Å². The number of amides is 1. The Kier molecular flexibility index (Phi) is 4.93. The predicted molar refractivity (Wildman–Crippen MR) is 78.1 cm³/mol. The molecule has 106 valence electrons. The van der Waals surface area contributed by atoms with Gasteiger partial charge in [-0.2, -0.15) is 0 Å². The van der Waals surface area contributed by atoms with Gasteiger partial charge in [0.15, 0.2) is 0 Å². The summed E-state index contributed by atoms with van der Waals surface area (Å²) in [4.78, 5) is 18.3. The molecule has 1 amide bonds. The van der Waals surface area contributed by atoms with Crippen LogP contribution < -0.4 is 5.32 Å². The number of carbonyl (C=O) groups is 1. The van der Waals surface area contributed by atoms with E-state index in [0.717, 1.165) is 43.2 Å². The molecule has 2 rings (SSSR count). The molecule has 5 heteroatoms. The van der Waals surface area contributed by atoms with Crippen molar-refractivity contribution in [3.8, 4) is 0 Å². The Bertz CT molecular complexity index is 422. The molecule has 1 aliphatic heterocycles. The number of hydrogen-bond acceptors (Lipinski definition) is 4. The van der Waals surface area contributed by atoms with E-state index >= 15 is 0 Å². The van der Waals surface area contributed by atoms with E-state index in [1.54, 1.807) is 11.3 Å². The van der Waals surface area contributed by atoms with E-state index in [2.05, 4.69) is 15.7 Å². The Morgan fingerprint density at radius 3 is 2.74 bits per heavy atom. The molecule has 1 N–H and O–H groups in total. The van der Waals surface area contributed by atoms with Gasteiger partial charge in [-0.15, -0.1) is 11.3 Å². The van der Waals surface area contributed by atoms with E-state index in [1.807, 2.05) is 25.7 Å². The zero-order chi connectivity index (χ0) is 13.8. The average Bonchev–Trinajstić information content (AvgIpc) is 2.82. The summed E-state index contributed by atoms with van der Waals surface area (Å²) in [7, 11) is 0. The van der Waals surface area contributed by atoms with Gasteiger partial charge in [0.1, 0.15) is 0 Å². The number of hydrogen-bond donors (Lipinski definition) is 1. The maximum absolute atomic E-state index is 11.9. The van der Waals surface area contributed by atoms with E-state index < -0.39 is 0 Å². The highest BCUT2D eigenvalue weighted by Crippen LogP contribution is 2.14. The van der Waals surface area contributed by atoms with E-state index in [0.29, 0.717) is 6.04 Å². The van der Waals surface area contributed by atoms with Crippen molar-refractivity contribution in [2.75, 3.05) is 13.1 Å². The van der Waals surface area contributed by atoms with Crippen LogP contribution in [-0.2, 0) is 11.3 Å². The van der Waals surface area contributed by atoms with Crippen LogP contribution in [0.25, 0.3) is 0 Å². The zero-order valence-electron chi connectivity index (χ0n) is 12.0. The molecule has 2 heterocycles. The van der Waals surface area contributed by atoms with E-state index in [-0.39, 0.29) is 11.8 Å². The quantitative estimate of drug-likeness (QED) is 0.920. The third-order valence-electron chi connectivity index (χ3n) is 3.54. The van der Waals surface area contributed by atoms with Crippen molar-refractivity contribution in [3.05, 3.63) is 16.1 Å². The third-order valence-corrected chi connectivity index (χ3v) is 4.36. The minimum Gasteiger partial charge on any atom is -0.342 e. The van der Waals surface area contributed by atoms with Gasteiger partial charge in [0.25, 0.3) is 0 Å². The van der Waals surface area contributed by atoms with Crippen molar-refractivity contribution in [1.82, 2.24) is 15.2 Å². The molecule has 4 nitrogen and oxygen atoms in total. The number of nitrogens with one attached hydrogen (secondary N) is 1. The van der Waals surface area contributed by atoms with Gasteiger partial charge in [-0.25, -0.2) is 4.98 Å². The molecule has 1 saturated heterocycles. The molecule has 0 aromatic carbocycles. The fourth-order valence-corrected chi connectivity index (χ4v) is 3.02. The molecule has 0 saturated carbocycles. The molecule has 0 spiro atoms. The molecule has 1 fully saturated rings. The Balaban J connectivity index is 1.73. The average molecular weight is 281 g/mol. The fourth-order valence-electron chi connectivity index (χ4n) is 2.41. The largest absolute Gasteiger partial charge is 0.342 e. The van der Waals surface area contributed by atoms with E-state index in [9.17, 15) is 4.79 Å². The number of likely N-dealkylation sites (tertiary alicyclic amines) is 1. The lowest BCUT2D eigenvalue weighted by molar-refractivity contribution is -0.135. The summed E-state index contributed by atoms with van der Waals surface area (Å²) < 4.78 is 0. The monoisotopic (exact) mass is 281 g/mol. The first-order valence-electron chi connectivity index (χ1n) is 6.99. The summed E-state index contributed by atoms with van der Waals surface area (Å²) in [6.45, 7) is 8.57. The smallest absolute Gasteiger partial charge is 0.225 e. The second-order valence-electron chi connectivity index (χ2n) is 5.49. The van der Waals surface area contributed by atoms with Gasteiger partial charge in [0.2, 0.25) is 5.91 Å². The van der Waals surface area contributed by atoms with Crippen LogP contribution in [0.15, 0.2) is 5.38 Å². The number of nitrogens with zero attached hydrogens (tertiary/aromatic N) is 2. The highest BCUT2D eigenvalue weighted by molar-refractivity contribution is 7.09. The molecule has 0 atom stereocenters. The lowest BCUT2D eigenvalue weighted by atomic mass is 10.0. The molecule has 0 radical (unpaired) electrons. The van der Waals surface area contributed by atoms with Gasteiger partial charge < -0.3 is 10.2 Å². The molecule has 0 bridgehead atoms. The van der Waals surface area contributed by atoms with Crippen molar-refractivity contribution >= 4 is 17.2 Å². The molecular formula is C14H23N3OS. The first-order valence-corrected chi connectivity index (χ1v) is 7.87. The van der Waals surface area contributed by atoms with Crippen molar-refractivity contribution in [2.45, 2.75) is 46.2 Å². The Morgan fingerprint density at radius 1 is 1.53 bits per heavy atom. The second-order valence-corrected chi connectivity index (χ2v) is 6.56. The molecule has 19 heavy (non-hydrogen) atoms. The second kappa shape index (κ2) is 6.48. The molecular weight excluding hydrogens is 258 g/mol. The van der Waals surface area contributed by atoms with Crippen molar-refractivity contribution < 1.29 is 4.79 Å². The highest BCUT2D eigenvalue weighted by atomic mass is 32.1. The number of piperidine rings is 1. The SMILES string of the molecule is Cc1nc(CNC2CCN(C(=O)C(C)C)CC2)cs1. The Morgan fingerprint density at radius 2 is 2.21 bits per heavy atom. The maximum Gasteiger partial charge on any atom is 0.225 e. The lowest BCUT2D eigenvalue weighted by Crippen LogP contribution is -2.46. The Hall–Kier alpha value is -0.940. The van der Waals surface area contributed by atoms with Crippen LogP contribution in [0.5, 0.6) is 0 Å². The number of aryl methyl sites for hydroxylation is 1. The van der Waals surface area contributed by atoms with Gasteiger partial charge in [-0.1, -0.05) is 13.8 Å². The molecule has 1 aliphatic rings. The van der Waals surface area contributed by atoms with Crippen LogP contribution >= 0.6 is 11.3 Å². The number of rotatable bonds is 4. The molecule has 0 aliphatic carbocycles. The van der Waals surface area contributed by atoms with Gasteiger partial charge in [-0.3, -0.25) is 4.79 Å². The maximum atomic E-state index is 11.9. The molecule has 1 aromatic rings. The Labute approximate surface area is 119 Å². The normalized spacial score (nSPS) is 17.2. The summed E-state index contributed by atoms with van der Waals surface area (Å²) in [5, 5.41) is 6.78. The topological polar surface area (TPSA) is 45.2 Å². The predicted octanol–water partition coefficient (Wildman–Crippen LogP) is 2.19. The standard InChI is InChI=1S/C14H23N3OS/c1-10(2)14(18)17-6-4-12(5-7-17)15-8-13-9-19-11(3)16-13/h9-10,12,15H,4-8H2,1-3H3. The first kappa shape index (κ1) is 14.5. The van der Waals surface area contributed by atoms with Gasteiger partial charge >= 0.3 is 0 Å². The summed E-state index contributed by atoms with van der Waals surface area (Å²) in [6, 6.07) is 0.512. The fraction of sp³-hybridized carbons (Fsp3) is 0.714. The summed E-state index contributed by atoms with van der Waals surface area (Å²) >= 11 is 1.69. The van der Waals surface area contributed by atoms with Crippen LogP contribution in [0.3, 0.4) is 0 Å². The van der Waals surface area contributed by atoms with Crippen LogP contribution in [0, 0.1) is 12.8 Å². The van der Waals surface area contributed by atoms with Gasteiger partial charge in [0.05, 0.1) is 10.7 Å². The van der Waals surface area contributed by atoms with E-state index in [4.69, 9.17) is 0 Å². The third kappa shape index (κ3) is 4.01. The number of carbonyl (C=O) groups excluding carboxylic acids is 1. The van der Waals surface area contributed by atoms with E-state index in [1.165, 1.54) is 0 Å². The number of aromatic nitrogens is 1. The van der Waals surface area contributed by atoms with Crippen LogP contribution in [0.2, 0.25) is 0 Å². The van der Waals surface area contributed by atoms with Crippen LogP contribution in [-0.4, -0.2) is 34.9 Å². The molecule has 0 unspecified atom stereocenters. The minimum atomic E-state index is 0.113. The lowest BCUT2D eigenvalue weighted by Gasteiger charge is -2.33. The zero-order valence-corrected chi connectivity index (χ0v) is 12.8. The molecule has 1 aromatic heterocycles. The minimum absolute atomic E-state index is 0.113. The van der Waals surface area contributed by atoms with Crippen molar-refractivity contribution in [2.24, 2.45) is 5.92 Å². The highest BCUT2D eigenvalue weighted by Gasteiger charge is 2.23. The van der Waals surface area contributed by atoms with Gasteiger partial charge in [-0.05, 0) is 19.8 Å². The first-order chi connectivity index (χ1) is 9.06. The summed E-state index contributed by atoms with van der Waals surface area (Å²) in [5.41, 5.74) is 1.13. The number of thiazole rings is 1. The van der Waals surface area contributed by atoms with Gasteiger partial charge in [0, 0.05) is 37.0 Å². The van der Waals surface area contributed by atoms with Crippen molar-refractivity contribution in [1.29, 1.82) is 0 Å². The summed E-state index contributed by atoms with van der Waals surface area (Å²) in [5.74, 6) is 0.399.